The molecule has 0 radical (unpaired) electrons. The van der Waals surface area contributed by atoms with E-state index >= 15 is 0 Å². The molecule has 0 heterocycles. The smallest absolute Gasteiger partial charge is 0.407 e. The van der Waals surface area contributed by atoms with Gasteiger partial charge in [0.2, 0.25) is 0 Å². The number of rotatable bonds is 3. The van der Waals surface area contributed by atoms with Gasteiger partial charge in [-0.1, -0.05) is 13.8 Å². The molecule has 1 amide bonds. The Labute approximate surface area is 98.4 Å². The second-order valence-electron chi connectivity index (χ2n) is 6.02. The maximum absolute atomic E-state index is 11.6. The predicted octanol–water partition coefficient (Wildman–Crippen LogP) is 2.31. The van der Waals surface area contributed by atoms with Crippen molar-refractivity contribution >= 4 is 6.09 Å². The maximum atomic E-state index is 11.6. The van der Waals surface area contributed by atoms with Crippen LogP contribution in [0.2, 0.25) is 0 Å². The molecule has 0 fully saturated rings. The highest BCUT2D eigenvalue weighted by molar-refractivity contribution is 5.68. The lowest BCUT2D eigenvalue weighted by atomic mass is 9.89. The average Bonchev–Trinajstić information content (AvgIpc) is 1.93. The van der Waals surface area contributed by atoms with Crippen molar-refractivity contribution in [3.63, 3.8) is 0 Å². The molecule has 0 saturated heterocycles. The fourth-order valence-electron chi connectivity index (χ4n) is 1.59. The summed E-state index contributed by atoms with van der Waals surface area (Å²) in [6, 6.07) is -0.331. The van der Waals surface area contributed by atoms with Gasteiger partial charge in [0.1, 0.15) is 5.60 Å². The van der Waals surface area contributed by atoms with Gasteiger partial charge in [-0.2, -0.15) is 0 Å². The van der Waals surface area contributed by atoms with Crippen LogP contribution in [0.25, 0.3) is 0 Å². The number of hydrogen-bond donors (Lipinski definition) is 2. The fourth-order valence-corrected chi connectivity index (χ4v) is 1.59. The molecule has 0 aromatic heterocycles. The largest absolute Gasteiger partial charge is 0.444 e. The van der Waals surface area contributed by atoms with E-state index in [-0.39, 0.29) is 12.0 Å². The van der Waals surface area contributed by atoms with E-state index in [1.807, 2.05) is 13.8 Å². The van der Waals surface area contributed by atoms with Gasteiger partial charge in [-0.25, -0.2) is 4.79 Å². The number of ether oxygens (including phenoxy) is 1. The molecule has 0 aromatic rings. The first-order valence-corrected chi connectivity index (χ1v) is 5.65. The Kier molecular flexibility index (Phi) is 4.80. The normalized spacial score (nSPS) is 14.8. The molecule has 0 spiro atoms. The molecule has 4 nitrogen and oxygen atoms in total. The lowest BCUT2D eigenvalue weighted by Gasteiger charge is -2.33. The van der Waals surface area contributed by atoms with E-state index < -0.39 is 17.3 Å². The van der Waals surface area contributed by atoms with Crippen molar-refractivity contribution < 1.29 is 14.6 Å². The van der Waals surface area contributed by atoms with Gasteiger partial charge in [0.05, 0.1) is 11.6 Å². The van der Waals surface area contributed by atoms with Crippen LogP contribution < -0.4 is 5.32 Å². The molecule has 0 rings (SSSR count). The third kappa shape index (κ3) is 5.95. The van der Waals surface area contributed by atoms with Crippen molar-refractivity contribution in [2.24, 2.45) is 5.92 Å². The van der Waals surface area contributed by atoms with E-state index in [4.69, 9.17) is 4.74 Å². The van der Waals surface area contributed by atoms with Gasteiger partial charge in [-0.3, -0.25) is 0 Å². The van der Waals surface area contributed by atoms with Crippen LogP contribution in [0.5, 0.6) is 0 Å². The van der Waals surface area contributed by atoms with Gasteiger partial charge in [0.15, 0.2) is 0 Å². The molecule has 1 unspecified atom stereocenters. The number of amides is 1. The summed E-state index contributed by atoms with van der Waals surface area (Å²) >= 11 is 0. The van der Waals surface area contributed by atoms with E-state index in [9.17, 15) is 9.90 Å². The molecule has 0 bridgehead atoms. The van der Waals surface area contributed by atoms with Crippen LogP contribution in [-0.4, -0.2) is 28.4 Å². The van der Waals surface area contributed by atoms with E-state index in [2.05, 4.69) is 5.32 Å². The molecule has 0 aliphatic heterocycles. The number of aliphatic hydroxyl groups is 1. The molecule has 0 aliphatic carbocycles. The molecule has 0 aromatic carbocycles. The van der Waals surface area contributed by atoms with Crippen molar-refractivity contribution in [3.8, 4) is 0 Å². The molecule has 1 atom stereocenters. The van der Waals surface area contributed by atoms with Crippen LogP contribution >= 0.6 is 0 Å². The monoisotopic (exact) mass is 231 g/mol. The minimum Gasteiger partial charge on any atom is -0.444 e. The molecule has 16 heavy (non-hydrogen) atoms. The van der Waals surface area contributed by atoms with Crippen LogP contribution in [0.4, 0.5) is 4.79 Å². The summed E-state index contributed by atoms with van der Waals surface area (Å²) in [6.45, 7) is 12.7. The zero-order chi connectivity index (χ0) is 13.1. The highest BCUT2D eigenvalue weighted by Crippen LogP contribution is 2.17. The summed E-state index contributed by atoms with van der Waals surface area (Å²) in [4.78, 5) is 11.6. The second-order valence-corrected chi connectivity index (χ2v) is 6.02. The molecule has 2 N–H and O–H groups in total. The van der Waals surface area contributed by atoms with Gasteiger partial charge >= 0.3 is 6.09 Å². The van der Waals surface area contributed by atoms with Gasteiger partial charge < -0.3 is 15.2 Å². The first-order valence-electron chi connectivity index (χ1n) is 5.65. The summed E-state index contributed by atoms with van der Waals surface area (Å²) in [7, 11) is 0. The summed E-state index contributed by atoms with van der Waals surface area (Å²) < 4.78 is 5.15. The quantitative estimate of drug-likeness (QED) is 0.783. The third-order valence-electron chi connectivity index (χ3n) is 2.10. The van der Waals surface area contributed by atoms with Crippen molar-refractivity contribution in [2.75, 3.05) is 0 Å². The molecular weight excluding hydrogens is 206 g/mol. The number of nitrogens with one attached hydrogen (secondary N) is 1. The standard InChI is InChI=1S/C12H25NO3/c1-8(2)9(12(6,7)15)13-10(14)16-11(3,4)5/h8-9,15H,1-7H3,(H,13,14). The summed E-state index contributed by atoms with van der Waals surface area (Å²) in [5, 5.41) is 12.6. The van der Waals surface area contributed by atoms with E-state index in [0.717, 1.165) is 0 Å². The molecular formula is C12H25NO3. The maximum Gasteiger partial charge on any atom is 0.407 e. The Balaban J connectivity index is 4.49. The lowest BCUT2D eigenvalue weighted by Crippen LogP contribution is -2.53. The SMILES string of the molecule is CC(C)C(NC(=O)OC(C)(C)C)C(C)(C)O. The van der Waals surface area contributed by atoms with Crippen molar-refractivity contribution in [1.82, 2.24) is 5.32 Å². The Morgan fingerprint density at radius 3 is 1.88 bits per heavy atom. The molecule has 96 valence electrons. The zero-order valence-corrected chi connectivity index (χ0v) is 11.4. The summed E-state index contributed by atoms with van der Waals surface area (Å²) in [5.74, 6) is 0.132. The second kappa shape index (κ2) is 5.04. The highest BCUT2D eigenvalue weighted by atomic mass is 16.6. The van der Waals surface area contributed by atoms with E-state index in [1.165, 1.54) is 0 Å². The topological polar surface area (TPSA) is 58.6 Å². The van der Waals surface area contributed by atoms with Crippen molar-refractivity contribution in [1.29, 1.82) is 0 Å². The Hall–Kier alpha value is -0.770. The summed E-state index contributed by atoms with van der Waals surface area (Å²) in [6.07, 6.45) is -0.492. The molecule has 4 heteroatoms. The number of hydrogen-bond acceptors (Lipinski definition) is 3. The Bertz CT molecular complexity index is 236. The Morgan fingerprint density at radius 2 is 1.62 bits per heavy atom. The van der Waals surface area contributed by atoms with Crippen molar-refractivity contribution in [3.05, 3.63) is 0 Å². The minimum atomic E-state index is -0.967. The van der Waals surface area contributed by atoms with Crippen LogP contribution in [0.15, 0.2) is 0 Å². The van der Waals surface area contributed by atoms with Gasteiger partial charge in [-0.05, 0) is 40.5 Å². The highest BCUT2D eigenvalue weighted by Gasteiger charge is 2.32. The first-order chi connectivity index (χ1) is 6.93. The molecule has 0 saturated carbocycles. The fraction of sp³-hybridized carbons (Fsp3) is 0.917. The molecule has 0 aliphatic rings. The van der Waals surface area contributed by atoms with E-state index in [1.54, 1.807) is 34.6 Å². The zero-order valence-electron chi connectivity index (χ0n) is 11.4. The number of carbonyl (C=O) groups excluding carboxylic acids is 1. The Morgan fingerprint density at radius 1 is 1.19 bits per heavy atom. The minimum absolute atomic E-state index is 0.132. The number of carbonyl (C=O) groups is 1. The van der Waals surface area contributed by atoms with Crippen LogP contribution in [0.1, 0.15) is 48.5 Å². The van der Waals surface area contributed by atoms with Crippen LogP contribution in [0, 0.1) is 5.92 Å². The van der Waals surface area contributed by atoms with Gasteiger partial charge in [0, 0.05) is 0 Å². The van der Waals surface area contributed by atoms with E-state index in [0.29, 0.717) is 0 Å². The predicted molar refractivity (Wildman–Crippen MR) is 64.3 cm³/mol. The van der Waals surface area contributed by atoms with Crippen LogP contribution in [0.3, 0.4) is 0 Å². The first kappa shape index (κ1) is 15.2. The summed E-state index contributed by atoms with van der Waals surface area (Å²) in [5.41, 5.74) is -1.49. The lowest BCUT2D eigenvalue weighted by molar-refractivity contribution is 0.00483. The third-order valence-corrected chi connectivity index (χ3v) is 2.10. The average molecular weight is 231 g/mol. The number of alkyl carbamates (subject to hydrolysis) is 1. The van der Waals surface area contributed by atoms with Crippen LogP contribution in [-0.2, 0) is 4.74 Å². The van der Waals surface area contributed by atoms with Crippen molar-refractivity contribution in [2.45, 2.75) is 65.7 Å². The van der Waals surface area contributed by atoms with Gasteiger partial charge in [-0.15, -0.1) is 0 Å². The van der Waals surface area contributed by atoms with Gasteiger partial charge in [0.25, 0.3) is 0 Å².